The second-order valence-corrected chi connectivity index (χ2v) is 12.3. The number of ether oxygens (including phenoxy) is 1. The highest BCUT2D eigenvalue weighted by Gasteiger charge is 2.44. The van der Waals surface area contributed by atoms with E-state index in [9.17, 15) is 14.4 Å². The zero-order valence-electron chi connectivity index (χ0n) is 23.2. The number of hydrogen-bond acceptors (Lipinski definition) is 4. The van der Waals surface area contributed by atoms with Gasteiger partial charge in [0.2, 0.25) is 5.91 Å². The lowest BCUT2D eigenvalue weighted by Crippen LogP contribution is -2.43. The molecule has 3 aromatic rings. The third kappa shape index (κ3) is 6.76. The first-order chi connectivity index (χ1) is 19.1. The molecule has 0 radical (unpaired) electrons. The summed E-state index contributed by atoms with van der Waals surface area (Å²) in [4.78, 5) is 39.6. The third-order valence-corrected chi connectivity index (χ3v) is 7.97. The summed E-state index contributed by atoms with van der Waals surface area (Å²) >= 11 is 6.31. The van der Waals surface area contributed by atoms with E-state index < -0.39 is 5.60 Å². The molecule has 1 saturated heterocycles. The van der Waals surface area contributed by atoms with Crippen LogP contribution in [0.4, 0.5) is 10.5 Å². The Bertz CT molecular complexity index is 1410. The number of rotatable bonds is 6. The molecule has 0 bridgehead atoms. The predicted molar refractivity (Wildman–Crippen MR) is 158 cm³/mol. The van der Waals surface area contributed by atoms with Crippen LogP contribution in [0.15, 0.2) is 60.7 Å². The van der Waals surface area contributed by atoms with Crippen molar-refractivity contribution in [1.82, 2.24) is 10.2 Å². The Labute approximate surface area is 240 Å². The second kappa shape index (κ2) is 11.5. The zero-order chi connectivity index (χ0) is 28.4. The van der Waals surface area contributed by atoms with Crippen LogP contribution in [-0.2, 0) is 9.53 Å². The number of carbonyl (C=O) groups excluding carboxylic acids is 3. The summed E-state index contributed by atoms with van der Waals surface area (Å²) in [6.07, 6.45) is 2.17. The van der Waals surface area contributed by atoms with E-state index in [0.29, 0.717) is 36.1 Å². The van der Waals surface area contributed by atoms with E-state index in [1.165, 1.54) is 0 Å². The molecule has 2 aliphatic rings. The Kier molecular flexibility index (Phi) is 8.04. The van der Waals surface area contributed by atoms with Crippen molar-refractivity contribution in [3.8, 4) is 0 Å². The van der Waals surface area contributed by atoms with Crippen LogP contribution in [0.5, 0.6) is 0 Å². The van der Waals surface area contributed by atoms with Crippen molar-refractivity contribution in [2.24, 2.45) is 11.8 Å². The Morgan fingerprint density at radius 2 is 1.73 bits per heavy atom. The maximum atomic E-state index is 12.9. The van der Waals surface area contributed by atoms with E-state index in [2.05, 4.69) is 10.6 Å². The highest BCUT2D eigenvalue weighted by atomic mass is 35.5. The SMILES string of the molecule is CC(C)(C)OC(=O)N1CCC(CNC(=O)c2ccc([C@@H]3C[C@H]3C(=O)Nc3ccc4cccc(Cl)c4c3)cc2)CC1. The Morgan fingerprint density at radius 1 is 1.00 bits per heavy atom. The van der Waals surface area contributed by atoms with Crippen molar-refractivity contribution in [3.05, 3.63) is 76.8 Å². The summed E-state index contributed by atoms with van der Waals surface area (Å²) in [6.45, 7) is 7.44. The van der Waals surface area contributed by atoms with Gasteiger partial charge in [-0.1, -0.05) is 41.9 Å². The van der Waals surface area contributed by atoms with E-state index >= 15 is 0 Å². The molecule has 7 nitrogen and oxygen atoms in total. The molecule has 0 aromatic heterocycles. The fourth-order valence-corrected chi connectivity index (χ4v) is 5.50. The van der Waals surface area contributed by atoms with Gasteiger partial charge in [-0.25, -0.2) is 4.79 Å². The molecule has 3 aromatic carbocycles. The number of nitrogens with zero attached hydrogens (tertiary/aromatic N) is 1. The van der Waals surface area contributed by atoms with Crippen LogP contribution in [0.2, 0.25) is 5.02 Å². The number of fused-ring (bicyclic) bond motifs is 1. The Balaban J connectivity index is 1.07. The van der Waals surface area contributed by atoms with Crippen molar-refractivity contribution < 1.29 is 19.1 Å². The van der Waals surface area contributed by atoms with E-state index in [1.54, 1.807) is 4.90 Å². The average molecular weight is 562 g/mol. The lowest BCUT2D eigenvalue weighted by molar-refractivity contribution is -0.117. The number of hydrogen-bond donors (Lipinski definition) is 2. The van der Waals surface area contributed by atoms with Gasteiger partial charge in [-0.3, -0.25) is 9.59 Å². The van der Waals surface area contributed by atoms with Gasteiger partial charge in [0, 0.05) is 47.2 Å². The molecule has 0 spiro atoms. The number of carbonyl (C=O) groups is 3. The van der Waals surface area contributed by atoms with E-state index in [0.717, 1.165) is 41.3 Å². The van der Waals surface area contributed by atoms with Gasteiger partial charge in [0.05, 0.1) is 0 Å². The topological polar surface area (TPSA) is 87.7 Å². The van der Waals surface area contributed by atoms with Gasteiger partial charge in [0.1, 0.15) is 5.60 Å². The number of anilines is 1. The summed E-state index contributed by atoms with van der Waals surface area (Å²) in [5.74, 6) is 0.271. The van der Waals surface area contributed by atoms with Crippen LogP contribution in [-0.4, -0.2) is 48.0 Å². The molecule has 40 heavy (non-hydrogen) atoms. The molecule has 1 heterocycles. The quantitative estimate of drug-likeness (QED) is 0.354. The summed E-state index contributed by atoms with van der Waals surface area (Å²) in [5.41, 5.74) is 1.90. The van der Waals surface area contributed by atoms with Crippen LogP contribution in [0.1, 0.15) is 61.9 Å². The maximum absolute atomic E-state index is 12.9. The Hall–Kier alpha value is -3.58. The smallest absolute Gasteiger partial charge is 0.410 e. The van der Waals surface area contributed by atoms with Gasteiger partial charge >= 0.3 is 6.09 Å². The number of nitrogens with one attached hydrogen (secondary N) is 2. The summed E-state index contributed by atoms with van der Waals surface area (Å²) < 4.78 is 5.45. The molecule has 5 rings (SSSR count). The van der Waals surface area contributed by atoms with Crippen LogP contribution < -0.4 is 10.6 Å². The Morgan fingerprint density at radius 3 is 2.42 bits per heavy atom. The van der Waals surface area contributed by atoms with Crippen molar-refractivity contribution in [3.63, 3.8) is 0 Å². The number of likely N-dealkylation sites (tertiary alicyclic amines) is 1. The molecule has 2 fully saturated rings. The summed E-state index contributed by atoms with van der Waals surface area (Å²) in [5, 5.41) is 8.67. The number of halogens is 1. The molecule has 2 N–H and O–H groups in total. The lowest BCUT2D eigenvalue weighted by atomic mass is 9.97. The van der Waals surface area contributed by atoms with E-state index in [1.807, 2.05) is 81.4 Å². The van der Waals surface area contributed by atoms with Crippen LogP contribution in [0, 0.1) is 11.8 Å². The fourth-order valence-electron chi connectivity index (χ4n) is 5.27. The van der Waals surface area contributed by atoms with E-state index in [4.69, 9.17) is 16.3 Å². The van der Waals surface area contributed by atoms with Crippen molar-refractivity contribution in [1.29, 1.82) is 0 Å². The summed E-state index contributed by atoms with van der Waals surface area (Å²) in [7, 11) is 0. The van der Waals surface area contributed by atoms with Crippen LogP contribution in [0.25, 0.3) is 10.8 Å². The van der Waals surface area contributed by atoms with Crippen LogP contribution in [0.3, 0.4) is 0 Å². The van der Waals surface area contributed by atoms with Gasteiger partial charge < -0.3 is 20.3 Å². The molecular formula is C32H36ClN3O4. The normalized spacial score (nSPS) is 19.2. The number of amides is 3. The van der Waals surface area contributed by atoms with Gasteiger partial charge in [-0.2, -0.15) is 0 Å². The highest BCUT2D eigenvalue weighted by Crippen LogP contribution is 2.48. The van der Waals surface area contributed by atoms with Crippen molar-refractivity contribution in [2.75, 3.05) is 25.0 Å². The van der Waals surface area contributed by atoms with Crippen LogP contribution >= 0.6 is 11.6 Å². The molecule has 1 aliphatic carbocycles. The second-order valence-electron chi connectivity index (χ2n) is 11.9. The molecule has 2 atom stereocenters. The number of benzene rings is 3. The highest BCUT2D eigenvalue weighted by molar-refractivity contribution is 6.35. The average Bonchev–Trinajstić information content (AvgIpc) is 3.73. The molecule has 3 amide bonds. The third-order valence-electron chi connectivity index (χ3n) is 7.64. The largest absolute Gasteiger partial charge is 0.444 e. The first-order valence-corrected chi connectivity index (χ1v) is 14.3. The monoisotopic (exact) mass is 561 g/mol. The van der Waals surface area contributed by atoms with Crippen molar-refractivity contribution >= 4 is 46.0 Å². The van der Waals surface area contributed by atoms with E-state index in [-0.39, 0.29) is 29.7 Å². The minimum absolute atomic E-state index is 0.00376. The van der Waals surface area contributed by atoms with Gasteiger partial charge in [0.15, 0.2) is 0 Å². The molecule has 1 aliphatic heterocycles. The first kappa shape index (κ1) is 28.0. The van der Waals surface area contributed by atoms with Crippen molar-refractivity contribution in [2.45, 2.75) is 51.6 Å². The molecule has 210 valence electrons. The molecular weight excluding hydrogens is 526 g/mol. The minimum atomic E-state index is -0.503. The predicted octanol–water partition coefficient (Wildman–Crippen LogP) is 6.61. The van der Waals surface area contributed by atoms with Gasteiger partial charge in [-0.05, 0) is 93.2 Å². The standard InChI is InChI=1S/C32H36ClN3O4/c1-32(2,3)40-31(39)36-15-13-20(14-16-36)19-34-29(37)23-9-7-22(8-10-23)25-18-27(25)30(38)35-24-12-11-21-5-4-6-28(33)26(21)17-24/h4-12,17,20,25,27H,13-16,18-19H2,1-3H3,(H,34,37)(H,35,38)/t25-,27+/m0/s1. The van der Waals surface area contributed by atoms with Gasteiger partial charge in [-0.15, -0.1) is 0 Å². The molecule has 8 heteroatoms. The fraction of sp³-hybridized carbons (Fsp3) is 0.406. The van der Waals surface area contributed by atoms with Gasteiger partial charge in [0.25, 0.3) is 5.91 Å². The first-order valence-electron chi connectivity index (χ1n) is 13.9. The minimum Gasteiger partial charge on any atom is -0.444 e. The molecule has 0 unspecified atom stereocenters. The summed E-state index contributed by atoms with van der Waals surface area (Å²) in [6, 6.07) is 19.0. The maximum Gasteiger partial charge on any atom is 0.410 e. The number of piperidine rings is 1. The zero-order valence-corrected chi connectivity index (χ0v) is 24.0. The molecule has 1 saturated carbocycles. The lowest BCUT2D eigenvalue weighted by Gasteiger charge is -2.33.